The first-order valence-corrected chi connectivity index (χ1v) is 6.59. The van der Waals surface area contributed by atoms with E-state index in [1.54, 1.807) is 0 Å². The number of nitriles is 1. The molecule has 0 fully saturated rings. The van der Waals surface area contributed by atoms with Crippen molar-refractivity contribution in [2.24, 2.45) is 0 Å². The summed E-state index contributed by atoms with van der Waals surface area (Å²) >= 11 is 1.95. The highest BCUT2D eigenvalue weighted by Crippen LogP contribution is 2.13. The maximum Gasteiger partial charge on any atom is 0.0991 e. The van der Waals surface area contributed by atoms with Crippen molar-refractivity contribution in [2.75, 3.05) is 26.4 Å². The minimum absolute atomic E-state index is 0.737. The van der Waals surface area contributed by atoms with Crippen LogP contribution in [-0.2, 0) is 5.75 Å². The third-order valence-electron chi connectivity index (χ3n) is 2.25. The Morgan fingerprint density at radius 2 is 1.94 bits per heavy atom. The first-order chi connectivity index (χ1) is 7.72. The molecule has 0 spiro atoms. The van der Waals surface area contributed by atoms with E-state index in [-0.39, 0.29) is 0 Å². The highest BCUT2D eigenvalue weighted by atomic mass is 32.2. The molecule has 0 aliphatic rings. The molecular formula is C13H18N2S. The Morgan fingerprint density at radius 3 is 2.50 bits per heavy atom. The van der Waals surface area contributed by atoms with E-state index in [0.717, 1.165) is 17.9 Å². The van der Waals surface area contributed by atoms with Crippen LogP contribution in [0.5, 0.6) is 0 Å². The fourth-order valence-electron chi connectivity index (χ4n) is 1.35. The van der Waals surface area contributed by atoms with Crippen molar-refractivity contribution in [3.8, 4) is 6.07 Å². The van der Waals surface area contributed by atoms with E-state index in [2.05, 4.69) is 25.1 Å². The maximum atomic E-state index is 8.67. The van der Waals surface area contributed by atoms with Gasteiger partial charge in [-0.1, -0.05) is 12.1 Å². The molecular weight excluding hydrogens is 216 g/mol. The molecule has 1 aromatic carbocycles. The van der Waals surface area contributed by atoms with Crippen LogP contribution < -0.4 is 0 Å². The van der Waals surface area contributed by atoms with E-state index in [0.29, 0.717) is 0 Å². The fraction of sp³-hybridized carbons (Fsp3) is 0.462. The number of benzene rings is 1. The van der Waals surface area contributed by atoms with Gasteiger partial charge in [-0.25, -0.2) is 0 Å². The van der Waals surface area contributed by atoms with E-state index in [4.69, 9.17) is 5.26 Å². The summed E-state index contributed by atoms with van der Waals surface area (Å²) in [7, 11) is 4.20. The molecule has 86 valence electrons. The van der Waals surface area contributed by atoms with Gasteiger partial charge in [0.1, 0.15) is 0 Å². The Labute approximate surface area is 102 Å². The molecule has 0 N–H and O–H groups in total. The average molecular weight is 234 g/mol. The molecule has 16 heavy (non-hydrogen) atoms. The summed E-state index contributed by atoms with van der Waals surface area (Å²) in [6, 6.07) is 9.98. The summed E-state index contributed by atoms with van der Waals surface area (Å²) in [5, 5.41) is 8.67. The normalized spacial score (nSPS) is 10.4. The van der Waals surface area contributed by atoms with Crippen LogP contribution in [0.25, 0.3) is 0 Å². The van der Waals surface area contributed by atoms with Crippen LogP contribution >= 0.6 is 11.8 Å². The Bertz CT molecular complexity index is 338. The predicted molar refractivity (Wildman–Crippen MR) is 70.5 cm³/mol. The van der Waals surface area contributed by atoms with Crippen molar-refractivity contribution < 1.29 is 0 Å². The van der Waals surface area contributed by atoms with Gasteiger partial charge in [-0.15, -0.1) is 0 Å². The van der Waals surface area contributed by atoms with Crippen LogP contribution in [0.3, 0.4) is 0 Å². The summed E-state index contributed by atoms with van der Waals surface area (Å²) in [4.78, 5) is 2.21. The molecule has 0 radical (unpaired) electrons. The summed E-state index contributed by atoms with van der Waals surface area (Å²) < 4.78 is 0. The topological polar surface area (TPSA) is 27.0 Å². The van der Waals surface area contributed by atoms with E-state index in [1.165, 1.54) is 17.7 Å². The molecule has 0 heterocycles. The zero-order valence-electron chi connectivity index (χ0n) is 9.94. The van der Waals surface area contributed by atoms with Crippen LogP contribution in [0.4, 0.5) is 0 Å². The van der Waals surface area contributed by atoms with Crippen LogP contribution in [0.1, 0.15) is 17.5 Å². The van der Waals surface area contributed by atoms with Gasteiger partial charge >= 0.3 is 0 Å². The lowest BCUT2D eigenvalue weighted by molar-refractivity contribution is 0.410. The second-order valence-electron chi connectivity index (χ2n) is 4.02. The first kappa shape index (κ1) is 13.1. The molecule has 0 unspecified atom stereocenters. The minimum atomic E-state index is 0.737. The third kappa shape index (κ3) is 5.20. The monoisotopic (exact) mass is 234 g/mol. The molecule has 0 aliphatic heterocycles. The van der Waals surface area contributed by atoms with Gasteiger partial charge in [-0.2, -0.15) is 17.0 Å². The molecule has 0 saturated heterocycles. The van der Waals surface area contributed by atoms with Gasteiger partial charge in [0.25, 0.3) is 0 Å². The molecule has 1 aromatic rings. The minimum Gasteiger partial charge on any atom is -0.309 e. The van der Waals surface area contributed by atoms with Crippen LogP contribution in [0.15, 0.2) is 24.3 Å². The first-order valence-electron chi connectivity index (χ1n) is 5.44. The van der Waals surface area contributed by atoms with Crippen molar-refractivity contribution >= 4 is 11.8 Å². The van der Waals surface area contributed by atoms with Crippen molar-refractivity contribution in [3.05, 3.63) is 35.4 Å². The molecule has 0 saturated carbocycles. The maximum absolute atomic E-state index is 8.67. The molecule has 0 atom stereocenters. The number of thioether (sulfide) groups is 1. The summed E-state index contributed by atoms with van der Waals surface area (Å²) in [6.45, 7) is 1.15. The lowest BCUT2D eigenvalue weighted by Crippen LogP contribution is -2.13. The molecule has 0 bridgehead atoms. The van der Waals surface area contributed by atoms with Crippen molar-refractivity contribution in [1.82, 2.24) is 4.90 Å². The zero-order valence-corrected chi connectivity index (χ0v) is 10.8. The second-order valence-corrected chi connectivity index (χ2v) is 5.12. The Hall–Kier alpha value is -0.980. The van der Waals surface area contributed by atoms with Crippen LogP contribution in [0, 0.1) is 11.3 Å². The lowest BCUT2D eigenvalue weighted by atomic mass is 10.2. The summed E-state index contributed by atoms with van der Waals surface area (Å²) in [6.07, 6.45) is 1.23. The van der Waals surface area contributed by atoms with Gasteiger partial charge in [0, 0.05) is 5.75 Å². The van der Waals surface area contributed by atoms with Crippen LogP contribution in [0.2, 0.25) is 0 Å². The molecule has 1 rings (SSSR count). The van der Waals surface area contributed by atoms with Gasteiger partial charge in [0.2, 0.25) is 0 Å². The average Bonchev–Trinajstić information content (AvgIpc) is 2.29. The Kier molecular flexibility index (Phi) is 5.99. The Morgan fingerprint density at radius 1 is 1.25 bits per heavy atom. The molecule has 3 heteroatoms. The van der Waals surface area contributed by atoms with Gasteiger partial charge in [-0.05, 0) is 50.5 Å². The standard InChI is InChI=1S/C13H18N2S/c1-15(2)8-3-9-16-11-13-6-4-12(10-14)5-7-13/h4-7H,3,8-9,11H2,1-2H3. The van der Waals surface area contributed by atoms with Gasteiger partial charge < -0.3 is 4.90 Å². The van der Waals surface area contributed by atoms with Crippen molar-refractivity contribution in [3.63, 3.8) is 0 Å². The van der Waals surface area contributed by atoms with Gasteiger partial charge in [0.05, 0.1) is 11.6 Å². The third-order valence-corrected chi connectivity index (χ3v) is 3.36. The lowest BCUT2D eigenvalue weighted by Gasteiger charge is -2.08. The fourth-order valence-corrected chi connectivity index (χ4v) is 2.25. The Balaban J connectivity index is 2.20. The van der Waals surface area contributed by atoms with E-state index in [1.807, 2.05) is 36.0 Å². The van der Waals surface area contributed by atoms with E-state index in [9.17, 15) is 0 Å². The number of hydrogen-bond acceptors (Lipinski definition) is 3. The van der Waals surface area contributed by atoms with Gasteiger partial charge in [-0.3, -0.25) is 0 Å². The largest absolute Gasteiger partial charge is 0.309 e. The van der Waals surface area contributed by atoms with E-state index < -0.39 is 0 Å². The summed E-state index contributed by atoms with van der Waals surface area (Å²) in [5.74, 6) is 2.23. The highest BCUT2D eigenvalue weighted by molar-refractivity contribution is 7.98. The molecule has 2 nitrogen and oxygen atoms in total. The van der Waals surface area contributed by atoms with Crippen LogP contribution in [-0.4, -0.2) is 31.3 Å². The number of hydrogen-bond donors (Lipinski definition) is 0. The zero-order chi connectivity index (χ0) is 11.8. The van der Waals surface area contributed by atoms with Gasteiger partial charge in [0.15, 0.2) is 0 Å². The van der Waals surface area contributed by atoms with E-state index >= 15 is 0 Å². The quantitative estimate of drug-likeness (QED) is 0.708. The molecule has 0 aromatic heterocycles. The highest BCUT2D eigenvalue weighted by Gasteiger charge is 1.95. The molecule has 0 amide bonds. The SMILES string of the molecule is CN(C)CCCSCc1ccc(C#N)cc1. The predicted octanol–water partition coefficient (Wildman–Crippen LogP) is 2.74. The summed E-state index contributed by atoms with van der Waals surface area (Å²) in [5.41, 5.74) is 2.04. The number of nitrogens with zero attached hydrogens (tertiary/aromatic N) is 2. The second kappa shape index (κ2) is 7.32. The molecule has 0 aliphatic carbocycles. The van der Waals surface area contributed by atoms with Crippen molar-refractivity contribution in [2.45, 2.75) is 12.2 Å². The number of rotatable bonds is 6. The van der Waals surface area contributed by atoms with Crippen molar-refractivity contribution in [1.29, 1.82) is 5.26 Å². The smallest absolute Gasteiger partial charge is 0.0991 e.